The van der Waals surface area contributed by atoms with Crippen molar-refractivity contribution >= 4 is 43.1 Å². The summed E-state index contributed by atoms with van der Waals surface area (Å²) in [6.07, 6.45) is 0. The molecule has 0 aromatic heterocycles. The molecule has 0 unspecified atom stereocenters. The van der Waals surface area contributed by atoms with Gasteiger partial charge in [0.05, 0.1) is 21.4 Å². The van der Waals surface area contributed by atoms with E-state index < -0.39 is 9.84 Å². The smallest absolute Gasteiger partial charge is 0.182 e. The van der Waals surface area contributed by atoms with Crippen molar-refractivity contribution in [3.8, 4) is 0 Å². The van der Waals surface area contributed by atoms with E-state index in [0.717, 1.165) is 4.47 Å². The van der Waals surface area contributed by atoms with Crippen LogP contribution in [-0.4, -0.2) is 8.42 Å². The van der Waals surface area contributed by atoms with E-state index in [-0.39, 0.29) is 10.6 Å². The Morgan fingerprint density at radius 1 is 1.16 bits per heavy atom. The van der Waals surface area contributed by atoms with E-state index in [0.29, 0.717) is 16.3 Å². The first-order valence-electron chi connectivity index (χ1n) is 5.41. The average Bonchev–Trinajstić information content (AvgIpc) is 2.33. The summed E-state index contributed by atoms with van der Waals surface area (Å²) in [6, 6.07) is 11.5. The maximum atomic E-state index is 12.3. The molecule has 0 saturated carbocycles. The van der Waals surface area contributed by atoms with Gasteiger partial charge in [0, 0.05) is 4.47 Å². The zero-order valence-corrected chi connectivity index (χ0v) is 13.0. The quantitative estimate of drug-likeness (QED) is 0.850. The molecule has 0 heterocycles. The normalized spacial score (nSPS) is 11.5. The minimum Gasteiger partial charge on any atom is -0.398 e. The fourth-order valence-electron chi connectivity index (χ4n) is 1.65. The van der Waals surface area contributed by atoms with Gasteiger partial charge in [-0.25, -0.2) is 8.42 Å². The molecule has 0 aliphatic heterocycles. The van der Waals surface area contributed by atoms with Gasteiger partial charge in [0.2, 0.25) is 0 Å². The predicted molar refractivity (Wildman–Crippen MR) is 80.9 cm³/mol. The molecular weight excluding hydrogens is 350 g/mol. The molecule has 100 valence electrons. The van der Waals surface area contributed by atoms with Gasteiger partial charge in [-0.2, -0.15) is 0 Å². The van der Waals surface area contributed by atoms with Crippen molar-refractivity contribution in [2.75, 3.05) is 5.73 Å². The lowest BCUT2D eigenvalue weighted by atomic mass is 10.2. The van der Waals surface area contributed by atoms with Gasteiger partial charge in [-0.3, -0.25) is 0 Å². The van der Waals surface area contributed by atoms with Crippen LogP contribution in [0.3, 0.4) is 0 Å². The maximum absolute atomic E-state index is 12.3. The predicted octanol–water partition coefficient (Wildman–Crippen LogP) is 3.66. The van der Waals surface area contributed by atoms with Crippen molar-refractivity contribution < 1.29 is 8.42 Å². The second-order valence-corrected chi connectivity index (χ2v) is 7.38. The van der Waals surface area contributed by atoms with Crippen LogP contribution in [-0.2, 0) is 15.6 Å². The van der Waals surface area contributed by atoms with E-state index in [1.807, 2.05) is 0 Å². The third kappa shape index (κ3) is 3.49. The Morgan fingerprint density at radius 3 is 2.53 bits per heavy atom. The number of halogens is 2. The van der Waals surface area contributed by atoms with Crippen LogP contribution in [0.2, 0.25) is 5.02 Å². The highest BCUT2D eigenvalue weighted by Gasteiger charge is 2.16. The minimum atomic E-state index is -3.39. The van der Waals surface area contributed by atoms with E-state index >= 15 is 0 Å². The van der Waals surface area contributed by atoms with Gasteiger partial charge in [-0.1, -0.05) is 39.7 Å². The third-order valence-electron chi connectivity index (χ3n) is 2.57. The highest BCUT2D eigenvalue weighted by molar-refractivity contribution is 9.10. The summed E-state index contributed by atoms with van der Waals surface area (Å²) in [5.41, 5.74) is 6.66. The first kappa shape index (κ1) is 14.4. The third-order valence-corrected chi connectivity index (χ3v) is 5.10. The summed E-state index contributed by atoms with van der Waals surface area (Å²) in [5, 5.41) is 0.420. The summed E-state index contributed by atoms with van der Waals surface area (Å²) in [4.78, 5) is 0.274. The van der Waals surface area contributed by atoms with Gasteiger partial charge in [0.25, 0.3) is 0 Å². The van der Waals surface area contributed by atoms with Crippen LogP contribution in [0.5, 0.6) is 0 Å². The van der Waals surface area contributed by atoms with Gasteiger partial charge in [-0.15, -0.1) is 0 Å². The lowest BCUT2D eigenvalue weighted by Gasteiger charge is -2.06. The molecule has 0 aliphatic rings. The van der Waals surface area contributed by atoms with Crippen LogP contribution >= 0.6 is 27.5 Å². The van der Waals surface area contributed by atoms with Crippen LogP contribution in [0.15, 0.2) is 51.8 Å². The summed E-state index contributed by atoms with van der Waals surface area (Å²) in [5.74, 6) is -0.106. The van der Waals surface area contributed by atoms with E-state index in [4.69, 9.17) is 17.3 Å². The van der Waals surface area contributed by atoms with Gasteiger partial charge in [0.1, 0.15) is 0 Å². The van der Waals surface area contributed by atoms with Crippen molar-refractivity contribution in [2.45, 2.75) is 10.6 Å². The summed E-state index contributed by atoms with van der Waals surface area (Å²) < 4.78 is 25.2. The molecule has 2 aromatic carbocycles. The van der Waals surface area contributed by atoms with E-state index in [1.54, 1.807) is 42.5 Å². The van der Waals surface area contributed by atoms with Crippen molar-refractivity contribution in [3.63, 3.8) is 0 Å². The molecule has 0 saturated heterocycles. The van der Waals surface area contributed by atoms with Crippen LogP contribution < -0.4 is 5.73 Å². The number of benzene rings is 2. The fourth-order valence-corrected chi connectivity index (χ4v) is 3.69. The first-order chi connectivity index (χ1) is 8.88. The second-order valence-electron chi connectivity index (χ2n) is 4.07. The minimum absolute atomic E-state index is 0.106. The van der Waals surface area contributed by atoms with E-state index in [1.165, 1.54) is 0 Å². The summed E-state index contributed by atoms with van der Waals surface area (Å²) in [6.45, 7) is 0. The Labute approximate surface area is 125 Å². The zero-order valence-electron chi connectivity index (χ0n) is 9.81. The van der Waals surface area contributed by atoms with Gasteiger partial charge >= 0.3 is 0 Å². The standard InChI is InChI=1S/C13H11BrClNO2S/c14-10-2-1-3-11(7-10)19(17,18)8-9-4-5-12(15)13(16)6-9/h1-7H,8,16H2. The van der Waals surface area contributed by atoms with Crippen molar-refractivity contribution in [2.24, 2.45) is 0 Å². The largest absolute Gasteiger partial charge is 0.398 e. The monoisotopic (exact) mass is 359 g/mol. The second kappa shape index (κ2) is 5.53. The Bertz CT molecular complexity index is 716. The van der Waals surface area contributed by atoms with Crippen LogP contribution in [0.25, 0.3) is 0 Å². The molecule has 0 fully saturated rings. The summed E-state index contributed by atoms with van der Waals surface area (Å²) in [7, 11) is -3.39. The topological polar surface area (TPSA) is 60.2 Å². The highest BCUT2D eigenvalue weighted by Crippen LogP contribution is 2.24. The van der Waals surface area contributed by atoms with Crippen LogP contribution in [0, 0.1) is 0 Å². The molecule has 0 aliphatic carbocycles. The van der Waals surface area contributed by atoms with Crippen molar-refractivity contribution in [1.82, 2.24) is 0 Å². The molecule has 19 heavy (non-hydrogen) atoms. The first-order valence-corrected chi connectivity index (χ1v) is 8.23. The Balaban J connectivity index is 2.33. The van der Waals surface area contributed by atoms with Gasteiger partial charge in [-0.05, 0) is 35.9 Å². The maximum Gasteiger partial charge on any atom is 0.182 e. The number of hydrogen-bond acceptors (Lipinski definition) is 3. The van der Waals surface area contributed by atoms with Crippen LogP contribution in [0.4, 0.5) is 5.69 Å². The molecule has 0 radical (unpaired) electrons. The highest BCUT2D eigenvalue weighted by atomic mass is 79.9. The fraction of sp³-hybridized carbons (Fsp3) is 0.0769. The average molecular weight is 361 g/mol. The van der Waals surface area contributed by atoms with Gasteiger partial charge in [0.15, 0.2) is 9.84 Å². The number of nitrogen functional groups attached to an aromatic ring is 1. The molecule has 6 heteroatoms. The van der Waals surface area contributed by atoms with Gasteiger partial charge < -0.3 is 5.73 Å². The number of sulfone groups is 1. The molecule has 2 aromatic rings. The summed E-state index contributed by atoms with van der Waals surface area (Å²) >= 11 is 9.07. The molecule has 0 atom stereocenters. The zero-order chi connectivity index (χ0) is 14.0. The SMILES string of the molecule is Nc1cc(CS(=O)(=O)c2cccc(Br)c2)ccc1Cl. The molecule has 3 nitrogen and oxygen atoms in total. The number of hydrogen-bond donors (Lipinski definition) is 1. The molecule has 2 rings (SSSR count). The number of nitrogens with two attached hydrogens (primary N) is 1. The molecule has 0 bridgehead atoms. The Morgan fingerprint density at radius 2 is 1.89 bits per heavy atom. The molecule has 0 spiro atoms. The molecular formula is C13H11BrClNO2S. The Hall–Kier alpha value is -1.04. The van der Waals surface area contributed by atoms with Crippen molar-refractivity contribution in [3.05, 3.63) is 57.5 Å². The number of rotatable bonds is 3. The van der Waals surface area contributed by atoms with E-state index in [2.05, 4.69) is 15.9 Å². The lowest BCUT2D eigenvalue weighted by molar-refractivity contribution is 0.595. The molecule has 2 N–H and O–H groups in total. The Kier molecular flexibility index (Phi) is 4.18. The molecule has 0 amide bonds. The van der Waals surface area contributed by atoms with Crippen molar-refractivity contribution in [1.29, 1.82) is 0 Å². The number of anilines is 1. The lowest BCUT2D eigenvalue weighted by Crippen LogP contribution is -2.05. The van der Waals surface area contributed by atoms with E-state index in [9.17, 15) is 8.42 Å². The van der Waals surface area contributed by atoms with Crippen LogP contribution in [0.1, 0.15) is 5.56 Å².